The van der Waals surface area contributed by atoms with Crippen LogP contribution in [0.25, 0.3) is 0 Å². The number of ether oxygens (including phenoxy) is 1. The number of rotatable bonds is 2. The van der Waals surface area contributed by atoms with Crippen LogP contribution in [0.15, 0.2) is 4.52 Å². The molecule has 3 rings (SSSR count). The minimum Gasteiger partial charge on any atom is -0.368 e. The van der Waals surface area contributed by atoms with E-state index in [0.29, 0.717) is 17.6 Å². The Morgan fingerprint density at radius 3 is 2.89 bits per heavy atom. The zero-order valence-corrected chi connectivity index (χ0v) is 11.6. The third-order valence-electron chi connectivity index (χ3n) is 4.37. The minimum absolute atomic E-state index is 0.0281. The third-order valence-corrected chi connectivity index (χ3v) is 4.37. The predicted molar refractivity (Wildman–Crippen MR) is 70.3 cm³/mol. The molecule has 106 valence electrons. The predicted octanol–water partition coefficient (Wildman–Crippen LogP) is 2.68. The van der Waals surface area contributed by atoms with Crippen molar-refractivity contribution in [1.82, 2.24) is 10.1 Å². The van der Waals surface area contributed by atoms with Gasteiger partial charge in [-0.05, 0) is 38.0 Å². The summed E-state index contributed by atoms with van der Waals surface area (Å²) in [5.74, 6) is 1.91. The van der Waals surface area contributed by atoms with Crippen molar-refractivity contribution in [3.8, 4) is 0 Å². The summed E-state index contributed by atoms with van der Waals surface area (Å²) in [5, 5.41) is 4.13. The molecule has 3 atom stereocenters. The first-order chi connectivity index (χ1) is 9.17. The lowest BCUT2D eigenvalue weighted by atomic mass is 9.76. The number of nitrogens with two attached hydrogens (primary N) is 1. The van der Waals surface area contributed by atoms with Gasteiger partial charge in [0.2, 0.25) is 0 Å². The third kappa shape index (κ3) is 2.67. The van der Waals surface area contributed by atoms with E-state index in [-0.39, 0.29) is 6.10 Å². The van der Waals surface area contributed by atoms with Crippen molar-refractivity contribution in [2.24, 2.45) is 11.7 Å². The standard InChI is InChI=1S/C14H23N3O2/c1-10-5-4-7-14(15,9-10)13-16-12(19-17-13)11-6-2-3-8-18-11/h10-11H,2-9,15H2,1H3. The summed E-state index contributed by atoms with van der Waals surface area (Å²) in [4.78, 5) is 4.54. The lowest BCUT2D eigenvalue weighted by Gasteiger charge is -2.33. The maximum absolute atomic E-state index is 6.49. The topological polar surface area (TPSA) is 74.2 Å². The molecule has 2 fully saturated rings. The molecular formula is C14H23N3O2. The Balaban J connectivity index is 1.76. The zero-order valence-electron chi connectivity index (χ0n) is 11.6. The maximum Gasteiger partial charge on any atom is 0.255 e. The Morgan fingerprint density at radius 1 is 1.26 bits per heavy atom. The van der Waals surface area contributed by atoms with E-state index in [2.05, 4.69) is 17.1 Å². The quantitative estimate of drug-likeness (QED) is 0.889. The van der Waals surface area contributed by atoms with Gasteiger partial charge in [-0.3, -0.25) is 0 Å². The lowest BCUT2D eigenvalue weighted by Crippen LogP contribution is -2.42. The molecule has 5 heteroatoms. The van der Waals surface area contributed by atoms with Gasteiger partial charge in [-0.1, -0.05) is 24.9 Å². The van der Waals surface area contributed by atoms with Gasteiger partial charge in [0.1, 0.15) is 6.10 Å². The van der Waals surface area contributed by atoms with Crippen LogP contribution in [-0.2, 0) is 10.3 Å². The summed E-state index contributed by atoms with van der Waals surface area (Å²) in [6, 6.07) is 0. The first kappa shape index (κ1) is 13.1. The molecule has 0 bridgehead atoms. The zero-order chi connectivity index (χ0) is 13.3. The highest BCUT2D eigenvalue weighted by atomic mass is 16.5. The van der Waals surface area contributed by atoms with Crippen molar-refractivity contribution >= 4 is 0 Å². The smallest absolute Gasteiger partial charge is 0.255 e. The molecule has 1 aromatic heterocycles. The fourth-order valence-corrected chi connectivity index (χ4v) is 3.30. The van der Waals surface area contributed by atoms with Crippen molar-refractivity contribution in [1.29, 1.82) is 0 Å². The fraction of sp³-hybridized carbons (Fsp3) is 0.857. The average molecular weight is 265 g/mol. The largest absolute Gasteiger partial charge is 0.368 e. The number of hydrogen-bond donors (Lipinski definition) is 1. The monoisotopic (exact) mass is 265 g/mol. The Morgan fingerprint density at radius 2 is 2.16 bits per heavy atom. The molecule has 1 aromatic rings. The van der Waals surface area contributed by atoms with Crippen LogP contribution in [0, 0.1) is 5.92 Å². The van der Waals surface area contributed by atoms with E-state index < -0.39 is 5.54 Å². The first-order valence-electron chi connectivity index (χ1n) is 7.42. The van der Waals surface area contributed by atoms with E-state index in [1.807, 2.05) is 0 Å². The van der Waals surface area contributed by atoms with E-state index in [9.17, 15) is 0 Å². The van der Waals surface area contributed by atoms with Crippen LogP contribution in [0.4, 0.5) is 0 Å². The molecule has 19 heavy (non-hydrogen) atoms. The molecular weight excluding hydrogens is 242 g/mol. The van der Waals surface area contributed by atoms with Gasteiger partial charge in [-0.15, -0.1) is 0 Å². The highest BCUT2D eigenvalue weighted by Crippen LogP contribution is 2.37. The van der Waals surface area contributed by atoms with Crippen molar-refractivity contribution < 1.29 is 9.26 Å². The Hall–Kier alpha value is -0.940. The van der Waals surface area contributed by atoms with Gasteiger partial charge >= 0.3 is 0 Å². The van der Waals surface area contributed by atoms with Crippen molar-refractivity contribution in [3.05, 3.63) is 11.7 Å². The number of aromatic nitrogens is 2. The van der Waals surface area contributed by atoms with Gasteiger partial charge in [-0.2, -0.15) is 4.98 Å². The lowest BCUT2D eigenvalue weighted by molar-refractivity contribution is -0.00459. The second kappa shape index (κ2) is 5.21. The Bertz CT molecular complexity index is 428. The minimum atomic E-state index is -0.409. The van der Waals surface area contributed by atoms with Gasteiger partial charge in [-0.25, -0.2) is 0 Å². The fourth-order valence-electron chi connectivity index (χ4n) is 3.30. The average Bonchev–Trinajstić information content (AvgIpc) is 2.90. The highest BCUT2D eigenvalue weighted by molar-refractivity contribution is 5.07. The number of nitrogens with zero attached hydrogens (tertiary/aromatic N) is 2. The first-order valence-corrected chi connectivity index (χ1v) is 7.42. The molecule has 5 nitrogen and oxygen atoms in total. The molecule has 2 aliphatic rings. The van der Waals surface area contributed by atoms with Gasteiger partial charge in [0.25, 0.3) is 5.89 Å². The normalized spacial score (nSPS) is 36.3. The molecule has 0 spiro atoms. The molecule has 0 radical (unpaired) electrons. The second-order valence-electron chi connectivity index (χ2n) is 6.17. The second-order valence-corrected chi connectivity index (χ2v) is 6.17. The molecule has 1 saturated heterocycles. The van der Waals surface area contributed by atoms with E-state index in [1.54, 1.807) is 0 Å². The number of hydrogen-bond acceptors (Lipinski definition) is 5. The van der Waals surface area contributed by atoms with Gasteiger partial charge in [0, 0.05) is 6.61 Å². The summed E-state index contributed by atoms with van der Waals surface area (Å²) >= 11 is 0. The molecule has 2 heterocycles. The van der Waals surface area contributed by atoms with E-state index in [1.165, 1.54) is 6.42 Å². The highest BCUT2D eigenvalue weighted by Gasteiger charge is 2.37. The molecule has 1 aliphatic carbocycles. The van der Waals surface area contributed by atoms with E-state index >= 15 is 0 Å². The maximum atomic E-state index is 6.49. The summed E-state index contributed by atoms with van der Waals surface area (Å²) in [7, 11) is 0. The van der Waals surface area contributed by atoms with Crippen LogP contribution < -0.4 is 5.73 Å². The Kier molecular flexibility index (Phi) is 3.58. The van der Waals surface area contributed by atoms with Gasteiger partial charge < -0.3 is 15.0 Å². The molecule has 2 N–H and O–H groups in total. The van der Waals surface area contributed by atoms with Crippen LogP contribution in [-0.4, -0.2) is 16.7 Å². The molecule has 1 aliphatic heterocycles. The summed E-state index contributed by atoms with van der Waals surface area (Å²) < 4.78 is 11.1. The van der Waals surface area contributed by atoms with E-state index in [4.69, 9.17) is 15.0 Å². The SMILES string of the molecule is CC1CCCC(N)(c2noc(C3CCCCO3)n2)C1. The van der Waals surface area contributed by atoms with Crippen LogP contribution in [0.5, 0.6) is 0 Å². The molecule has 3 unspecified atom stereocenters. The van der Waals surface area contributed by atoms with E-state index in [0.717, 1.165) is 45.1 Å². The van der Waals surface area contributed by atoms with Crippen molar-refractivity contribution in [2.45, 2.75) is 63.5 Å². The van der Waals surface area contributed by atoms with Gasteiger partial charge in [0.05, 0.1) is 5.54 Å². The summed E-state index contributed by atoms with van der Waals surface area (Å²) in [5.41, 5.74) is 6.08. The summed E-state index contributed by atoms with van der Waals surface area (Å²) in [6.07, 6.45) is 7.49. The van der Waals surface area contributed by atoms with Crippen molar-refractivity contribution in [2.75, 3.05) is 6.61 Å². The van der Waals surface area contributed by atoms with Crippen LogP contribution in [0.1, 0.15) is 69.7 Å². The van der Waals surface area contributed by atoms with Crippen LogP contribution in [0.3, 0.4) is 0 Å². The molecule has 0 aromatic carbocycles. The van der Waals surface area contributed by atoms with Crippen molar-refractivity contribution in [3.63, 3.8) is 0 Å². The van der Waals surface area contributed by atoms with Crippen LogP contribution in [0.2, 0.25) is 0 Å². The molecule has 1 saturated carbocycles. The molecule has 0 amide bonds. The Labute approximate surface area is 113 Å². The summed E-state index contributed by atoms with van der Waals surface area (Å²) in [6.45, 7) is 3.03. The van der Waals surface area contributed by atoms with Gasteiger partial charge in [0.15, 0.2) is 5.82 Å². The van der Waals surface area contributed by atoms with Crippen LogP contribution >= 0.6 is 0 Å².